The molecule has 1 aromatic heterocycles. The molecule has 0 saturated heterocycles. The predicted molar refractivity (Wildman–Crippen MR) is 112 cm³/mol. The van der Waals surface area contributed by atoms with Crippen LogP contribution in [0.25, 0.3) is 11.4 Å². The highest BCUT2D eigenvalue weighted by molar-refractivity contribution is 5.67. The highest BCUT2D eigenvalue weighted by Crippen LogP contribution is 2.25. The van der Waals surface area contributed by atoms with Crippen LogP contribution in [0, 0.1) is 13.8 Å². The fraction of sp³-hybridized carbons (Fsp3) is 0.273. The van der Waals surface area contributed by atoms with Crippen molar-refractivity contribution < 1.29 is 4.74 Å². The van der Waals surface area contributed by atoms with Gasteiger partial charge >= 0.3 is 0 Å². The molecule has 0 aliphatic carbocycles. The zero-order valence-corrected chi connectivity index (χ0v) is 16.1. The van der Waals surface area contributed by atoms with E-state index in [4.69, 9.17) is 9.72 Å². The van der Waals surface area contributed by atoms with Crippen molar-refractivity contribution in [3.05, 3.63) is 65.7 Å². The molecule has 2 aromatic carbocycles. The van der Waals surface area contributed by atoms with Gasteiger partial charge in [0.25, 0.3) is 0 Å². The molecule has 5 heteroatoms. The SMILES string of the molecule is COCCCNc1cc(Nc2cc(C)ccc2C)nc(-c2ccccc2)n1. The minimum absolute atomic E-state index is 0.695. The van der Waals surface area contributed by atoms with E-state index in [1.807, 2.05) is 36.4 Å². The molecule has 0 radical (unpaired) electrons. The molecule has 1 heterocycles. The zero-order chi connectivity index (χ0) is 19.1. The second kappa shape index (κ2) is 9.14. The maximum Gasteiger partial charge on any atom is 0.163 e. The number of ether oxygens (including phenoxy) is 1. The van der Waals surface area contributed by atoms with Crippen molar-refractivity contribution >= 4 is 17.3 Å². The average Bonchev–Trinajstić information content (AvgIpc) is 2.69. The van der Waals surface area contributed by atoms with E-state index in [0.29, 0.717) is 5.82 Å². The fourth-order valence-corrected chi connectivity index (χ4v) is 2.76. The van der Waals surface area contributed by atoms with Gasteiger partial charge in [0.05, 0.1) is 0 Å². The zero-order valence-electron chi connectivity index (χ0n) is 16.1. The average molecular weight is 362 g/mol. The number of aromatic nitrogens is 2. The van der Waals surface area contributed by atoms with Gasteiger partial charge in [-0.15, -0.1) is 0 Å². The maximum absolute atomic E-state index is 5.11. The van der Waals surface area contributed by atoms with E-state index in [1.165, 1.54) is 11.1 Å². The van der Waals surface area contributed by atoms with E-state index in [1.54, 1.807) is 7.11 Å². The Labute approximate surface area is 160 Å². The molecule has 0 bridgehead atoms. The number of rotatable bonds is 8. The maximum atomic E-state index is 5.11. The molecular weight excluding hydrogens is 336 g/mol. The van der Waals surface area contributed by atoms with Gasteiger partial charge in [0.1, 0.15) is 11.6 Å². The first-order chi connectivity index (χ1) is 13.2. The Morgan fingerprint density at radius 2 is 1.70 bits per heavy atom. The first kappa shape index (κ1) is 18.9. The van der Waals surface area contributed by atoms with Crippen molar-refractivity contribution in [3.8, 4) is 11.4 Å². The summed E-state index contributed by atoms with van der Waals surface area (Å²) in [6, 6.07) is 18.3. The molecule has 27 heavy (non-hydrogen) atoms. The van der Waals surface area contributed by atoms with Gasteiger partial charge in [0.2, 0.25) is 0 Å². The number of hydrogen-bond acceptors (Lipinski definition) is 5. The van der Waals surface area contributed by atoms with Crippen molar-refractivity contribution in [2.75, 3.05) is 30.9 Å². The molecule has 0 spiro atoms. The topological polar surface area (TPSA) is 59.1 Å². The first-order valence-corrected chi connectivity index (χ1v) is 9.17. The van der Waals surface area contributed by atoms with E-state index in [-0.39, 0.29) is 0 Å². The molecule has 3 rings (SSSR count). The van der Waals surface area contributed by atoms with Crippen LogP contribution in [-0.4, -0.2) is 30.2 Å². The van der Waals surface area contributed by atoms with Crippen LogP contribution >= 0.6 is 0 Å². The van der Waals surface area contributed by atoms with E-state index >= 15 is 0 Å². The molecule has 0 fully saturated rings. The molecular formula is C22H26N4O. The van der Waals surface area contributed by atoms with Crippen LogP contribution in [-0.2, 0) is 4.74 Å². The summed E-state index contributed by atoms with van der Waals surface area (Å²) in [5, 5.41) is 6.82. The lowest BCUT2D eigenvalue weighted by Gasteiger charge is -2.13. The van der Waals surface area contributed by atoms with Gasteiger partial charge in [-0.05, 0) is 37.5 Å². The molecule has 0 unspecified atom stereocenters. The van der Waals surface area contributed by atoms with Crippen LogP contribution in [0.15, 0.2) is 54.6 Å². The molecule has 2 N–H and O–H groups in total. The van der Waals surface area contributed by atoms with E-state index in [9.17, 15) is 0 Å². The van der Waals surface area contributed by atoms with Crippen LogP contribution < -0.4 is 10.6 Å². The smallest absolute Gasteiger partial charge is 0.163 e. The van der Waals surface area contributed by atoms with Gasteiger partial charge in [-0.1, -0.05) is 42.5 Å². The molecule has 5 nitrogen and oxygen atoms in total. The Morgan fingerprint density at radius 1 is 0.926 bits per heavy atom. The third kappa shape index (κ3) is 5.28. The normalized spacial score (nSPS) is 10.6. The summed E-state index contributed by atoms with van der Waals surface area (Å²) in [7, 11) is 1.71. The van der Waals surface area contributed by atoms with Crippen molar-refractivity contribution in [3.63, 3.8) is 0 Å². The van der Waals surface area contributed by atoms with Crippen molar-refractivity contribution in [2.45, 2.75) is 20.3 Å². The van der Waals surface area contributed by atoms with Crippen molar-refractivity contribution in [1.82, 2.24) is 9.97 Å². The number of methoxy groups -OCH3 is 1. The summed E-state index contributed by atoms with van der Waals surface area (Å²) in [6.45, 7) is 5.69. The molecule has 3 aromatic rings. The van der Waals surface area contributed by atoms with Crippen molar-refractivity contribution in [1.29, 1.82) is 0 Å². The lowest BCUT2D eigenvalue weighted by atomic mass is 10.1. The number of anilines is 3. The third-order valence-corrected chi connectivity index (χ3v) is 4.25. The third-order valence-electron chi connectivity index (χ3n) is 4.25. The number of nitrogens with one attached hydrogen (secondary N) is 2. The minimum Gasteiger partial charge on any atom is -0.385 e. The Morgan fingerprint density at radius 3 is 2.48 bits per heavy atom. The van der Waals surface area contributed by atoms with Gasteiger partial charge in [-0.25, -0.2) is 9.97 Å². The fourth-order valence-electron chi connectivity index (χ4n) is 2.76. The largest absolute Gasteiger partial charge is 0.385 e. The Bertz CT molecular complexity index is 881. The van der Waals surface area contributed by atoms with Gasteiger partial charge in [0.15, 0.2) is 5.82 Å². The molecule has 140 valence electrons. The van der Waals surface area contributed by atoms with Crippen molar-refractivity contribution in [2.24, 2.45) is 0 Å². The van der Waals surface area contributed by atoms with Gasteiger partial charge in [-0.3, -0.25) is 0 Å². The second-order valence-corrected chi connectivity index (χ2v) is 6.54. The lowest BCUT2D eigenvalue weighted by molar-refractivity contribution is 0.198. The van der Waals surface area contributed by atoms with Crippen LogP contribution in [0.5, 0.6) is 0 Å². The summed E-state index contributed by atoms with van der Waals surface area (Å²) >= 11 is 0. The molecule has 0 atom stereocenters. The van der Waals surface area contributed by atoms with Crippen LogP contribution in [0.1, 0.15) is 17.5 Å². The number of hydrogen-bond donors (Lipinski definition) is 2. The van der Waals surface area contributed by atoms with Gasteiger partial charge in [-0.2, -0.15) is 0 Å². The molecule has 0 amide bonds. The summed E-state index contributed by atoms with van der Waals surface area (Å²) in [6.07, 6.45) is 0.918. The minimum atomic E-state index is 0.695. The summed E-state index contributed by atoms with van der Waals surface area (Å²) in [5.41, 5.74) is 4.42. The standard InChI is InChI=1S/C22H26N4O/c1-16-10-11-17(2)19(14-16)24-21-15-20(23-12-7-13-27-3)25-22(26-21)18-8-5-4-6-9-18/h4-6,8-11,14-15H,7,12-13H2,1-3H3,(H2,23,24,25,26). The first-order valence-electron chi connectivity index (χ1n) is 9.17. The number of aryl methyl sites for hydroxylation is 2. The molecule has 0 aliphatic heterocycles. The quantitative estimate of drug-likeness (QED) is 0.555. The number of benzene rings is 2. The van der Waals surface area contributed by atoms with Gasteiger partial charge < -0.3 is 15.4 Å². The summed E-state index contributed by atoms with van der Waals surface area (Å²) in [4.78, 5) is 9.41. The Balaban J connectivity index is 1.90. The Hall–Kier alpha value is -2.92. The molecule has 0 aliphatic rings. The van der Waals surface area contributed by atoms with Crippen LogP contribution in [0.2, 0.25) is 0 Å². The van der Waals surface area contributed by atoms with E-state index in [2.05, 4.69) is 47.7 Å². The summed E-state index contributed by atoms with van der Waals surface area (Å²) < 4.78 is 5.11. The highest BCUT2D eigenvalue weighted by atomic mass is 16.5. The monoisotopic (exact) mass is 362 g/mol. The number of nitrogens with zero attached hydrogens (tertiary/aromatic N) is 2. The Kier molecular flexibility index (Phi) is 6.39. The summed E-state index contributed by atoms with van der Waals surface area (Å²) in [5.74, 6) is 2.26. The lowest BCUT2D eigenvalue weighted by Crippen LogP contribution is -2.08. The van der Waals surface area contributed by atoms with Crippen LogP contribution in [0.4, 0.5) is 17.3 Å². The highest BCUT2D eigenvalue weighted by Gasteiger charge is 2.08. The second-order valence-electron chi connectivity index (χ2n) is 6.54. The predicted octanol–water partition coefficient (Wildman–Crippen LogP) is 4.95. The van der Waals surface area contributed by atoms with E-state index in [0.717, 1.165) is 42.5 Å². The molecule has 0 saturated carbocycles. The van der Waals surface area contributed by atoms with E-state index < -0.39 is 0 Å². The van der Waals surface area contributed by atoms with Crippen LogP contribution in [0.3, 0.4) is 0 Å². The van der Waals surface area contributed by atoms with Gasteiger partial charge in [0, 0.05) is 37.6 Å².